The van der Waals surface area contributed by atoms with E-state index in [1.165, 1.54) is 0 Å². The molecule has 0 aromatic heterocycles. The normalized spacial score (nSPS) is 10.5. The lowest BCUT2D eigenvalue weighted by Crippen LogP contribution is -2.33. The first-order valence-corrected chi connectivity index (χ1v) is 7.66. The molecule has 0 aliphatic heterocycles. The van der Waals surface area contributed by atoms with Gasteiger partial charge in [0.1, 0.15) is 0 Å². The van der Waals surface area contributed by atoms with Gasteiger partial charge in [0, 0.05) is 20.0 Å². The van der Waals surface area contributed by atoms with Crippen molar-refractivity contribution in [3.05, 3.63) is 71.8 Å². The summed E-state index contributed by atoms with van der Waals surface area (Å²) >= 11 is 0. The summed E-state index contributed by atoms with van der Waals surface area (Å²) in [6.45, 7) is 0.432. The summed E-state index contributed by atoms with van der Waals surface area (Å²) in [5, 5.41) is 8.73. The largest absolute Gasteiger partial charge is 0.481 e. The number of nitrogens with zero attached hydrogens (tertiary/aromatic N) is 1. The molecule has 23 heavy (non-hydrogen) atoms. The Balaban J connectivity index is 2.20. The summed E-state index contributed by atoms with van der Waals surface area (Å²) in [5.41, 5.74) is 1.88. The van der Waals surface area contributed by atoms with Crippen LogP contribution in [-0.2, 0) is 9.59 Å². The van der Waals surface area contributed by atoms with E-state index in [4.69, 9.17) is 5.11 Å². The Morgan fingerprint density at radius 3 is 1.87 bits per heavy atom. The molecule has 2 aromatic carbocycles. The highest BCUT2D eigenvalue weighted by molar-refractivity contribution is 5.87. The van der Waals surface area contributed by atoms with E-state index < -0.39 is 5.97 Å². The molecule has 4 heteroatoms. The highest BCUT2D eigenvalue weighted by Gasteiger charge is 2.25. The molecular weight excluding hydrogens is 290 g/mol. The maximum absolute atomic E-state index is 12.9. The molecular formula is C19H21NO3. The van der Waals surface area contributed by atoms with Gasteiger partial charge in [-0.05, 0) is 17.5 Å². The van der Waals surface area contributed by atoms with Crippen molar-refractivity contribution in [2.24, 2.45) is 0 Å². The highest BCUT2D eigenvalue weighted by Crippen LogP contribution is 2.26. The van der Waals surface area contributed by atoms with Crippen LogP contribution in [0.15, 0.2) is 60.7 Å². The van der Waals surface area contributed by atoms with Crippen LogP contribution in [0.3, 0.4) is 0 Å². The minimum atomic E-state index is -0.839. The fourth-order valence-corrected chi connectivity index (χ4v) is 2.57. The first-order chi connectivity index (χ1) is 11.1. The number of rotatable bonds is 7. The van der Waals surface area contributed by atoms with E-state index in [-0.39, 0.29) is 18.2 Å². The van der Waals surface area contributed by atoms with Gasteiger partial charge in [0.2, 0.25) is 5.91 Å². The standard InChI is InChI=1S/C19H21NO3/c1-20(14-8-13-17(21)22)19(23)18(15-9-4-2-5-10-15)16-11-6-3-7-12-16/h2-7,9-12,18H,8,13-14H2,1H3,(H,21,22). The lowest BCUT2D eigenvalue weighted by Gasteiger charge is -2.24. The van der Waals surface area contributed by atoms with Crippen LogP contribution >= 0.6 is 0 Å². The van der Waals surface area contributed by atoms with Crippen LogP contribution in [0.5, 0.6) is 0 Å². The SMILES string of the molecule is CN(CCCC(=O)O)C(=O)C(c1ccccc1)c1ccccc1. The molecule has 4 nitrogen and oxygen atoms in total. The minimum Gasteiger partial charge on any atom is -0.481 e. The predicted molar refractivity (Wildman–Crippen MR) is 89.2 cm³/mol. The van der Waals surface area contributed by atoms with Crippen molar-refractivity contribution in [2.45, 2.75) is 18.8 Å². The maximum atomic E-state index is 12.9. The Hall–Kier alpha value is -2.62. The fraction of sp³-hybridized carbons (Fsp3) is 0.263. The summed E-state index contributed by atoms with van der Waals surface area (Å²) in [5.74, 6) is -1.23. The van der Waals surface area contributed by atoms with Gasteiger partial charge in [0.05, 0.1) is 5.92 Å². The number of amides is 1. The van der Waals surface area contributed by atoms with Gasteiger partial charge in [0.15, 0.2) is 0 Å². The zero-order valence-electron chi connectivity index (χ0n) is 13.2. The zero-order chi connectivity index (χ0) is 16.7. The molecule has 0 spiro atoms. The maximum Gasteiger partial charge on any atom is 0.303 e. The molecule has 0 aliphatic carbocycles. The second-order valence-electron chi connectivity index (χ2n) is 5.51. The van der Waals surface area contributed by atoms with Crippen molar-refractivity contribution in [3.8, 4) is 0 Å². The number of likely N-dealkylation sites (N-methyl/N-ethyl adjacent to an activating group) is 1. The first kappa shape index (κ1) is 16.7. The predicted octanol–water partition coefficient (Wildman–Crippen LogP) is 3.14. The Bertz CT molecular complexity index is 601. The number of carboxylic acid groups (broad SMARTS) is 1. The third kappa shape index (κ3) is 4.68. The fourth-order valence-electron chi connectivity index (χ4n) is 2.57. The van der Waals surface area contributed by atoms with Crippen molar-refractivity contribution in [1.82, 2.24) is 4.90 Å². The molecule has 0 heterocycles. The Kier molecular flexibility index (Phi) is 5.92. The van der Waals surface area contributed by atoms with E-state index >= 15 is 0 Å². The van der Waals surface area contributed by atoms with E-state index in [9.17, 15) is 9.59 Å². The van der Waals surface area contributed by atoms with Gasteiger partial charge in [-0.1, -0.05) is 60.7 Å². The Labute approximate surface area is 136 Å². The smallest absolute Gasteiger partial charge is 0.303 e. The van der Waals surface area contributed by atoms with Crippen molar-refractivity contribution in [3.63, 3.8) is 0 Å². The molecule has 2 aromatic rings. The lowest BCUT2D eigenvalue weighted by molar-refractivity contribution is -0.138. The van der Waals surface area contributed by atoms with Gasteiger partial charge in [-0.2, -0.15) is 0 Å². The Morgan fingerprint density at radius 1 is 0.957 bits per heavy atom. The highest BCUT2D eigenvalue weighted by atomic mass is 16.4. The monoisotopic (exact) mass is 311 g/mol. The van der Waals surface area contributed by atoms with Crippen molar-refractivity contribution >= 4 is 11.9 Å². The molecule has 0 bridgehead atoms. The molecule has 2 rings (SSSR count). The second-order valence-corrected chi connectivity index (χ2v) is 5.51. The molecule has 0 atom stereocenters. The van der Waals surface area contributed by atoms with Gasteiger partial charge in [-0.15, -0.1) is 0 Å². The summed E-state index contributed by atoms with van der Waals surface area (Å²) in [6.07, 6.45) is 0.521. The third-order valence-electron chi connectivity index (χ3n) is 3.77. The third-order valence-corrected chi connectivity index (χ3v) is 3.77. The second kappa shape index (κ2) is 8.13. The van der Waals surface area contributed by atoms with Gasteiger partial charge in [0.25, 0.3) is 0 Å². The van der Waals surface area contributed by atoms with E-state index in [1.807, 2.05) is 60.7 Å². The topological polar surface area (TPSA) is 57.6 Å². The van der Waals surface area contributed by atoms with Gasteiger partial charge in [-0.25, -0.2) is 0 Å². The van der Waals surface area contributed by atoms with E-state index in [0.717, 1.165) is 11.1 Å². The van der Waals surface area contributed by atoms with Crippen LogP contribution in [-0.4, -0.2) is 35.5 Å². The van der Waals surface area contributed by atoms with E-state index in [1.54, 1.807) is 11.9 Å². The van der Waals surface area contributed by atoms with Crippen LogP contribution in [0.4, 0.5) is 0 Å². The Morgan fingerprint density at radius 2 is 1.43 bits per heavy atom. The molecule has 1 N–H and O–H groups in total. The van der Waals surface area contributed by atoms with Crippen molar-refractivity contribution in [1.29, 1.82) is 0 Å². The molecule has 0 saturated heterocycles. The van der Waals surface area contributed by atoms with Crippen LogP contribution in [0.2, 0.25) is 0 Å². The number of carboxylic acids is 1. The number of carbonyl (C=O) groups is 2. The minimum absolute atomic E-state index is 0.0206. The first-order valence-electron chi connectivity index (χ1n) is 7.66. The summed E-state index contributed by atoms with van der Waals surface area (Å²) < 4.78 is 0. The zero-order valence-corrected chi connectivity index (χ0v) is 13.2. The van der Waals surface area contributed by atoms with Crippen molar-refractivity contribution < 1.29 is 14.7 Å². The summed E-state index contributed by atoms with van der Waals surface area (Å²) in [6, 6.07) is 19.3. The van der Waals surface area contributed by atoms with E-state index in [2.05, 4.69) is 0 Å². The average Bonchev–Trinajstić information content (AvgIpc) is 2.56. The van der Waals surface area contributed by atoms with Crippen LogP contribution in [0, 0.1) is 0 Å². The summed E-state index contributed by atoms with van der Waals surface area (Å²) in [4.78, 5) is 25.1. The molecule has 0 unspecified atom stereocenters. The molecule has 0 radical (unpaired) electrons. The number of hydrogen-bond donors (Lipinski definition) is 1. The molecule has 1 amide bonds. The number of aliphatic carboxylic acids is 1. The van der Waals surface area contributed by atoms with Crippen LogP contribution in [0.25, 0.3) is 0 Å². The number of hydrogen-bond acceptors (Lipinski definition) is 2. The van der Waals surface area contributed by atoms with Gasteiger partial charge >= 0.3 is 5.97 Å². The summed E-state index contributed by atoms with van der Waals surface area (Å²) in [7, 11) is 1.73. The average molecular weight is 311 g/mol. The van der Waals surface area contributed by atoms with E-state index in [0.29, 0.717) is 13.0 Å². The van der Waals surface area contributed by atoms with Crippen LogP contribution in [0.1, 0.15) is 29.9 Å². The number of benzene rings is 2. The van der Waals surface area contributed by atoms with Gasteiger partial charge < -0.3 is 10.0 Å². The molecule has 0 fully saturated rings. The van der Waals surface area contributed by atoms with Crippen molar-refractivity contribution in [2.75, 3.05) is 13.6 Å². The quantitative estimate of drug-likeness (QED) is 0.854. The van der Waals surface area contributed by atoms with Gasteiger partial charge in [-0.3, -0.25) is 9.59 Å². The van der Waals surface area contributed by atoms with Crippen LogP contribution < -0.4 is 0 Å². The number of carbonyl (C=O) groups excluding carboxylic acids is 1. The lowest BCUT2D eigenvalue weighted by atomic mass is 9.90. The molecule has 120 valence electrons. The molecule has 0 saturated carbocycles. The molecule has 0 aliphatic rings.